The van der Waals surface area contributed by atoms with Crippen LogP contribution in [-0.2, 0) is 4.74 Å². The van der Waals surface area contributed by atoms with Crippen molar-refractivity contribution < 1.29 is 4.74 Å². The van der Waals surface area contributed by atoms with Crippen molar-refractivity contribution in [1.82, 2.24) is 14.1 Å². The highest BCUT2D eigenvalue weighted by atomic mass is 28.3. The molecule has 2 aromatic rings. The van der Waals surface area contributed by atoms with E-state index in [4.69, 9.17) is 9.72 Å². The van der Waals surface area contributed by atoms with Crippen molar-refractivity contribution in [2.75, 3.05) is 26.3 Å². The summed E-state index contributed by atoms with van der Waals surface area (Å²) in [6, 6.07) is 5.47. The largest absolute Gasteiger partial charge is 0.380 e. The third-order valence-electron chi connectivity index (χ3n) is 7.93. The number of nitrogens with zero attached hydrogens (tertiary/aromatic N) is 3. The molecule has 0 aromatic carbocycles. The predicted octanol–water partition coefficient (Wildman–Crippen LogP) is 5.64. The van der Waals surface area contributed by atoms with E-state index in [0.717, 1.165) is 25.8 Å². The lowest BCUT2D eigenvalue weighted by molar-refractivity contribution is 0.118. The molecule has 0 radical (unpaired) electrons. The van der Waals surface area contributed by atoms with Crippen LogP contribution in [0, 0.1) is 0 Å². The molecule has 2 aromatic heterocycles. The van der Waals surface area contributed by atoms with Crippen LogP contribution in [0.15, 0.2) is 24.5 Å². The van der Waals surface area contributed by atoms with Gasteiger partial charge in [-0.05, 0) is 67.0 Å². The van der Waals surface area contributed by atoms with Crippen LogP contribution in [-0.4, -0.2) is 54.7 Å². The van der Waals surface area contributed by atoms with Gasteiger partial charge in [-0.15, -0.1) is 0 Å². The highest BCUT2D eigenvalue weighted by Crippen LogP contribution is 2.40. The summed E-state index contributed by atoms with van der Waals surface area (Å²) < 4.78 is 8.15. The van der Waals surface area contributed by atoms with Crippen molar-refractivity contribution in [3.05, 3.63) is 30.1 Å². The molecule has 0 amide bonds. The highest BCUT2D eigenvalue weighted by Gasteiger charge is 2.38. The molecule has 2 fully saturated rings. The van der Waals surface area contributed by atoms with Gasteiger partial charge >= 0.3 is 0 Å². The van der Waals surface area contributed by atoms with E-state index in [2.05, 4.69) is 67.5 Å². The van der Waals surface area contributed by atoms with Crippen molar-refractivity contribution >= 4 is 19.3 Å². The summed E-state index contributed by atoms with van der Waals surface area (Å²) in [7, 11) is -1.64. The number of hydrogen-bond donors (Lipinski definition) is 0. The van der Waals surface area contributed by atoms with Crippen LogP contribution < -0.4 is 0 Å². The van der Waals surface area contributed by atoms with Gasteiger partial charge in [0.1, 0.15) is 5.65 Å². The van der Waals surface area contributed by atoms with Crippen LogP contribution >= 0.6 is 0 Å². The lowest BCUT2D eigenvalue weighted by Crippen LogP contribution is -2.45. The Bertz CT molecular complexity index is 822. The monoisotopic (exact) mass is 413 g/mol. The van der Waals surface area contributed by atoms with Crippen molar-refractivity contribution in [3.63, 3.8) is 0 Å². The Morgan fingerprint density at radius 3 is 2.55 bits per heavy atom. The lowest BCUT2D eigenvalue weighted by Gasteiger charge is -2.38. The molecule has 1 aliphatic carbocycles. The number of aromatic nitrogens is 2. The molecule has 0 bridgehead atoms. The van der Waals surface area contributed by atoms with E-state index < -0.39 is 8.24 Å². The van der Waals surface area contributed by atoms with Gasteiger partial charge in [0.05, 0.1) is 6.61 Å². The summed E-state index contributed by atoms with van der Waals surface area (Å²) in [4.78, 5) is 7.67. The first kappa shape index (κ1) is 21.1. The highest BCUT2D eigenvalue weighted by molar-refractivity contribution is 6.79. The smallest absolute Gasteiger partial charge is 0.163 e. The van der Waals surface area contributed by atoms with Crippen LogP contribution in [0.3, 0.4) is 0 Å². The SMILES string of the molecule is CC(C)(C)[Si](C)(C)n1ccc2cc(C3CCC(N4CCCOCC4)CC3)cnc21. The normalized spacial score (nSPS) is 25.3. The van der Waals surface area contributed by atoms with E-state index in [1.54, 1.807) is 0 Å². The van der Waals surface area contributed by atoms with Gasteiger partial charge < -0.3 is 8.97 Å². The Kier molecular flexibility index (Phi) is 5.93. The molecule has 3 heterocycles. The zero-order chi connectivity index (χ0) is 20.6. The molecule has 160 valence electrons. The molecule has 4 rings (SSSR count). The second-order valence-corrected chi connectivity index (χ2v) is 15.8. The van der Waals surface area contributed by atoms with Crippen LogP contribution in [0.4, 0.5) is 0 Å². The van der Waals surface area contributed by atoms with Crippen molar-refractivity contribution in [2.24, 2.45) is 0 Å². The summed E-state index contributed by atoms with van der Waals surface area (Å²) >= 11 is 0. The first-order chi connectivity index (χ1) is 13.8. The third-order valence-corrected chi connectivity index (χ3v) is 13.2. The van der Waals surface area contributed by atoms with Gasteiger partial charge in [0, 0.05) is 37.3 Å². The quantitative estimate of drug-likeness (QED) is 0.610. The summed E-state index contributed by atoms with van der Waals surface area (Å²) in [6.45, 7) is 16.2. The van der Waals surface area contributed by atoms with E-state index in [1.165, 1.54) is 55.2 Å². The Balaban J connectivity index is 1.47. The number of ether oxygens (including phenoxy) is 1. The molecule has 1 aliphatic heterocycles. The minimum atomic E-state index is -1.64. The Morgan fingerprint density at radius 2 is 1.83 bits per heavy atom. The van der Waals surface area contributed by atoms with E-state index in [0.29, 0.717) is 11.0 Å². The maximum atomic E-state index is 5.64. The molecule has 0 atom stereocenters. The third kappa shape index (κ3) is 4.19. The van der Waals surface area contributed by atoms with Crippen molar-refractivity contribution in [3.8, 4) is 0 Å². The second kappa shape index (κ2) is 8.16. The predicted molar refractivity (Wildman–Crippen MR) is 124 cm³/mol. The number of fused-ring (bicyclic) bond motifs is 1. The second-order valence-electron chi connectivity index (χ2n) is 10.7. The Hall–Kier alpha value is -1.17. The minimum absolute atomic E-state index is 0.302. The number of rotatable bonds is 3. The van der Waals surface area contributed by atoms with Gasteiger partial charge in [-0.1, -0.05) is 33.9 Å². The molecule has 5 heteroatoms. The summed E-state index contributed by atoms with van der Waals surface area (Å²) in [5.41, 5.74) is 2.63. The fourth-order valence-electron chi connectivity index (χ4n) is 4.98. The summed E-state index contributed by atoms with van der Waals surface area (Å²) in [5.74, 6) is 0.669. The molecule has 1 saturated heterocycles. The fourth-order valence-corrected chi connectivity index (χ4v) is 6.87. The molecule has 0 spiro atoms. The van der Waals surface area contributed by atoms with E-state index in [9.17, 15) is 0 Å². The molecular weight excluding hydrogens is 374 g/mol. The summed E-state index contributed by atoms with van der Waals surface area (Å²) in [6.07, 6.45) is 10.9. The van der Waals surface area contributed by atoms with E-state index >= 15 is 0 Å². The fraction of sp³-hybridized carbons (Fsp3) is 0.708. The van der Waals surface area contributed by atoms with Crippen LogP contribution in [0.5, 0.6) is 0 Å². The molecule has 1 saturated carbocycles. The Labute approximate surface area is 177 Å². The Morgan fingerprint density at radius 1 is 1.07 bits per heavy atom. The molecule has 4 nitrogen and oxygen atoms in total. The molecule has 2 aliphatic rings. The van der Waals surface area contributed by atoms with Gasteiger partial charge in [-0.2, -0.15) is 0 Å². The van der Waals surface area contributed by atoms with Gasteiger partial charge in [0.25, 0.3) is 0 Å². The molecule has 29 heavy (non-hydrogen) atoms. The minimum Gasteiger partial charge on any atom is -0.380 e. The topological polar surface area (TPSA) is 30.3 Å². The van der Waals surface area contributed by atoms with E-state index in [-0.39, 0.29) is 0 Å². The van der Waals surface area contributed by atoms with Gasteiger partial charge in [-0.3, -0.25) is 4.90 Å². The number of pyridine rings is 1. The molecule has 0 N–H and O–H groups in total. The maximum absolute atomic E-state index is 5.64. The van der Waals surface area contributed by atoms with Crippen LogP contribution in [0.1, 0.15) is 64.4 Å². The number of hydrogen-bond acceptors (Lipinski definition) is 3. The molecule has 0 unspecified atom stereocenters. The lowest BCUT2D eigenvalue weighted by atomic mass is 9.81. The van der Waals surface area contributed by atoms with Gasteiger partial charge in [-0.25, -0.2) is 4.98 Å². The van der Waals surface area contributed by atoms with Crippen molar-refractivity contribution in [2.45, 2.75) is 83.0 Å². The standard InChI is InChI=1S/C24H39N3OSi/c1-24(2,3)29(4,5)27-13-11-20-17-21(18-25-23(20)27)19-7-9-22(10-8-19)26-12-6-15-28-16-14-26/h11,13,17-19,22H,6-10,12,14-16H2,1-5H3. The van der Waals surface area contributed by atoms with Crippen molar-refractivity contribution in [1.29, 1.82) is 0 Å². The average Bonchev–Trinajstić information content (AvgIpc) is 2.93. The van der Waals surface area contributed by atoms with Gasteiger partial charge in [0.2, 0.25) is 0 Å². The first-order valence-electron chi connectivity index (χ1n) is 11.6. The van der Waals surface area contributed by atoms with Crippen LogP contribution in [0.25, 0.3) is 11.0 Å². The average molecular weight is 414 g/mol. The molecular formula is C24H39N3OSi. The maximum Gasteiger partial charge on any atom is 0.163 e. The van der Waals surface area contributed by atoms with E-state index in [1.807, 2.05) is 0 Å². The summed E-state index contributed by atoms with van der Waals surface area (Å²) in [5, 5.41) is 1.62. The first-order valence-corrected chi connectivity index (χ1v) is 14.5. The zero-order valence-corrected chi connectivity index (χ0v) is 20.1. The van der Waals surface area contributed by atoms with Gasteiger partial charge in [0.15, 0.2) is 8.24 Å². The zero-order valence-electron chi connectivity index (χ0n) is 19.1. The van der Waals surface area contributed by atoms with Crippen LogP contribution in [0.2, 0.25) is 18.1 Å².